The number of carbonyl (C=O) groups is 1. The largest absolute Gasteiger partial charge is 0.480 e. The molecule has 41 heavy (non-hydrogen) atoms. The fourth-order valence-corrected chi connectivity index (χ4v) is 6.71. The summed E-state index contributed by atoms with van der Waals surface area (Å²) < 4.78 is 33.7. The molecule has 0 radical (unpaired) electrons. The molecule has 2 fully saturated rings. The highest BCUT2D eigenvalue weighted by Crippen LogP contribution is 2.41. The summed E-state index contributed by atoms with van der Waals surface area (Å²) in [5, 5.41) is 15.0. The highest BCUT2D eigenvalue weighted by Gasteiger charge is 2.26. The Morgan fingerprint density at radius 1 is 1.02 bits per heavy atom. The zero-order valence-electron chi connectivity index (χ0n) is 23.4. The van der Waals surface area contributed by atoms with Crippen LogP contribution in [0.25, 0.3) is 22.4 Å². The number of aliphatic carboxylic acids is 1. The van der Waals surface area contributed by atoms with E-state index >= 15 is 0 Å². The molecule has 0 amide bonds. The second kappa shape index (κ2) is 15.0. The minimum Gasteiger partial charge on any atom is -0.480 e. The number of rotatable bonds is 13. The molecule has 2 heterocycles. The van der Waals surface area contributed by atoms with Crippen molar-refractivity contribution in [3.63, 3.8) is 0 Å². The molecule has 1 N–H and O–H groups in total. The summed E-state index contributed by atoms with van der Waals surface area (Å²) in [4.78, 5) is 10.8. The molecule has 1 unspecified atom stereocenters. The van der Waals surface area contributed by atoms with E-state index in [2.05, 4.69) is 16.8 Å². The third-order valence-corrected chi connectivity index (χ3v) is 8.87. The Balaban J connectivity index is 1.37. The second-order valence-corrected chi connectivity index (χ2v) is 12.0. The Bertz CT molecular complexity index is 1260. The van der Waals surface area contributed by atoms with E-state index in [0.717, 1.165) is 91.3 Å². The maximum Gasteiger partial charge on any atom is 0.329 e. The van der Waals surface area contributed by atoms with Crippen molar-refractivity contribution in [1.29, 1.82) is 0 Å². The monoisotopic (exact) mass is 582 g/mol. The van der Waals surface area contributed by atoms with Gasteiger partial charge >= 0.3 is 5.97 Å². The Labute approximate surface area is 245 Å². The zero-order valence-corrected chi connectivity index (χ0v) is 24.2. The Morgan fingerprint density at radius 2 is 1.80 bits per heavy atom. The van der Waals surface area contributed by atoms with Gasteiger partial charge in [-0.25, -0.2) is 9.18 Å². The van der Waals surface area contributed by atoms with Crippen LogP contribution in [-0.4, -0.2) is 59.3 Å². The van der Waals surface area contributed by atoms with Crippen LogP contribution in [0.5, 0.6) is 0 Å². The van der Waals surface area contributed by atoms with Gasteiger partial charge in [0.05, 0.1) is 13.2 Å². The van der Waals surface area contributed by atoms with E-state index in [9.17, 15) is 9.18 Å². The standard InChI is InChI=1S/C32H39FN2O5S/c33-27-10-6-9-26(19-27)30-31(25-7-2-1-3-8-25)34-35(32(30)41-18-17-40-29-11-4-5-16-39-29)20-23-12-14-24(15-13-23)21-38-22-28(36)37/h1-3,6-10,19,23-24,29H,4-5,11-18,20-22H2,(H,36,37)/t23-,24-,29?. The molecule has 1 atom stereocenters. The predicted molar refractivity (Wildman–Crippen MR) is 157 cm³/mol. The van der Waals surface area contributed by atoms with E-state index in [-0.39, 0.29) is 18.7 Å². The van der Waals surface area contributed by atoms with E-state index in [0.29, 0.717) is 25.0 Å². The lowest BCUT2D eigenvalue weighted by atomic mass is 9.82. The summed E-state index contributed by atoms with van der Waals surface area (Å²) >= 11 is 1.70. The highest BCUT2D eigenvalue weighted by molar-refractivity contribution is 7.99. The fourth-order valence-electron chi connectivity index (χ4n) is 5.72. The summed E-state index contributed by atoms with van der Waals surface area (Å²) in [6.07, 6.45) is 7.09. The molecule has 9 heteroatoms. The van der Waals surface area contributed by atoms with Gasteiger partial charge in [0.2, 0.25) is 0 Å². The van der Waals surface area contributed by atoms with Crippen molar-refractivity contribution in [2.45, 2.75) is 62.8 Å². The van der Waals surface area contributed by atoms with E-state index in [1.807, 2.05) is 24.3 Å². The lowest BCUT2D eigenvalue weighted by molar-refractivity contribution is -0.158. The molecule has 1 aromatic heterocycles. The molecule has 0 bridgehead atoms. The van der Waals surface area contributed by atoms with Crippen LogP contribution < -0.4 is 0 Å². The molecule has 7 nitrogen and oxygen atoms in total. The van der Waals surface area contributed by atoms with Crippen LogP contribution in [-0.2, 0) is 25.5 Å². The fraction of sp³-hybridized carbons (Fsp3) is 0.500. The number of ether oxygens (including phenoxy) is 3. The number of carboxylic acid groups (broad SMARTS) is 1. The molecule has 1 saturated heterocycles. The van der Waals surface area contributed by atoms with E-state index in [1.54, 1.807) is 23.9 Å². The minimum absolute atomic E-state index is 0.133. The average Bonchev–Trinajstić information content (AvgIpc) is 3.35. The molecular formula is C32H39FN2O5S. The predicted octanol–water partition coefficient (Wildman–Crippen LogP) is 6.90. The Morgan fingerprint density at radius 3 is 2.54 bits per heavy atom. The quantitative estimate of drug-likeness (QED) is 0.173. The molecule has 1 aliphatic heterocycles. The van der Waals surface area contributed by atoms with Gasteiger partial charge in [0.25, 0.3) is 0 Å². The Hall–Kier alpha value is -2.72. The topological polar surface area (TPSA) is 82.8 Å². The number of hydrogen-bond donors (Lipinski definition) is 1. The van der Waals surface area contributed by atoms with Gasteiger partial charge in [-0.05, 0) is 74.5 Å². The van der Waals surface area contributed by atoms with Crippen LogP contribution in [0.3, 0.4) is 0 Å². The van der Waals surface area contributed by atoms with Crippen molar-refractivity contribution in [3.8, 4) is 22.4 Å². The molecule has 1 saturated carbocycles. The minimum atomic E-state index is -0.928. The molecule has 220 valence electrons. The van der Waals surface area contributed by atoms with Crippen LogP contribution >= 0.6 is 11.8 Å². The van der Waals surface area contributed by atoms with E-state index < -0.39 is 5.97 Å². The van der Waals surface area contributed by atoms with Crippen molar-refractivity contribution in [3.05, 3.63) is 60.4 Å². The first-order valence-electron chi connectivity index (χ1n) is 14.6. The number of aromatic nitrogens is 2. The SMILES string of the molecule is O=C(O)COC[C@H]1CC[C@H](Cn2nc(-c3ccccc3)c(-c3cccc(F)c3)c2SCCOC2CCCCO2)CC1. The van der Waals surface area contributed by atoms with Gasteiger partial charge < -0.3 is 19.3 Å². The maximum atomic E-state index is 14.5. The van der Waals surface area contributed by atoms with Gasteiger partial charge in [0.1, 0.15) is 23.1 Å². The normalized spacial score (nSPS) is 21.1. The van der Waals surface area contributed by atoms with Crippen molar-refractivity contribution in [2.75, 3.05) is 32.2 Å². The highest BCUT2D eigenvalue weighted by atomic mass is 32.2. The zero-order chi connectivity index (χ0) is 28.4. The van der Waals surface area contributed by atoms with Crippen LogP contribution in [0.2, 0.25) is 0 Å². The summed E-state index contributed by atoms with van der Waals surface area (Å²) in [6.45, 7) is 2.34. The van der Waals surface area contributed by atoms with Crippen molar-refractivity contribution < 1.29 is 28.5 Å². The van der Waals surface area contributed by atoms with E-state index in [4.69, 9.17) is 24.4 Å². The van der Waals surface area contributed by atoms with Gasteiger partial charge in [0, 0.05) is 30.0 Å². The average molecular weight is 583 g/mol. The number of thioether (sulfide) groups is 1. The number of halogens is 1. The van der Waals surface area contributed by atoms with Gasteiger partial charge in [0.15, 0.2) is 6.29 Å². The molecule has 2 aliphatic rings. The first-order chi connectivity index (χ1) is 20.1. The first-order valence-corrected chi connectivity index (χ1v) is 15.6. The maximum absolute atomic E-state index is 14.5. The number of benzene rings is 2. The second-order valence-electron chi connectivity index (χ2n) is 10.9. The molecule has 2 aromatic carbocycles. The molecule has 3 aromatic rings. The summed E-state index contributed by atoms with van der Waals surface area (Å²) in [7, 11) is 0. The van der Waals surface area contributed by atoms with Gasteiger partial charge in [-0.2, -0.15) is 5.10 Å². The van der Waals surface area contributed by atoms with Gasteiger partial charge in [-0.3, -0.25) is 4.68 Å². The third kappa shape index (κ3) is 8.41. The van der Waals surface area contributed by atoms with Crippen LogP contribution in [0, 0.1) is 17.7 Å². The van der Waals surface area contributed by atoms with Crippen LogP contribution in [0.1, 0.15) is 44.9 Å². The number of nitrogens with zero attached hydrogens (tertiary/aromatic N) is 2. The molecular weight excluding hydrogens is 543 g/mol. The summed E-state index contributed by atoms with van der Waals surface area (Å²) in [5.74, 6) is 0.365. The van der Waals surface area contributed by atoms with Gasteiger partial charge in [-0.1, -0.05) is 42.5 Å². The van der Waals surface area contributed by atoms with Crippen molar-refractivity contribution in [2.24, 2.45) is 11.8 Å². The Kier molecular flexibility index (Phi) is 10.9. The molecule has 5 rings (SSSR count). The van der Waals surface area contributed by atoms with Crippen molar-refractivity contribution >= 4 is 17.7 Å². The molecule has 0 spiro atoms. The lowest BCUT2D eigenvalue weighted by Crippen LogP contribution is -2.24. The van der Waals surface area contributed by atoms with Crippen LogP contribution in [0.15, 0.2) is 59.6 Å². The van der Waals surface area contributed by atoms with E-state index in [1.165, 1.54) is 6.07 Å². The van der Waals surface area contributed by atoms with Crippen molar-refractivity contribution in [1.82, 2.24) is 9.78 Å². The van der Waals surface area contributed by atoms with Crippen LogP contribution in [0.4, 0.5) is 4.39 Å². The summed E-state index contributed by atoms with van der Waals surface area (Å²) in [5.41, 5.74) is 3.61. The number of carboxylic acids is 1. The third-order valence-electron chi connectivity index (χ3n) is 7.81. The smallest absolute Gasteiger partial charge is 0.329 e. The number of hydrogen-bond acceptors (Lipinski definition) is 6. The first kappa shape index (κ1) is 29.8. The van der Waals surface area contributed by atoms with Gasteiger partial charge in [-0.15, -0.1) is 11.8 Å². The molecule has 1 aliphatic carbocycles. The summed E-state index contributed by atoms with van der Waals surface area (Å²) in [6, 6.07) is 16.9. The lowest BCUT2D eigenvalue weighted by Gasteiger charge is -2.28.